The summed E-state index contributed by atoms with van der Waals surface area (Å²) in [5.41, 5.74) is 3.67. The van der Waals surface area contributed by atoms with Gasteiger partial charge in [0, 0.05) is 0 Å². The van der Waals surface area contributed by atoms with E-state index in [2.05, 4.69) is 13.8 Å². The monoisotopic (exact) mass is 264 g/mol. The highest BCUT2D eigenvalue weighted by atomic mass is 14.2. The first-order valence-corrected chi connectivity index (χ1v) is 9.08. The minimum absolute atomic E-state index is 1.37. The van der Waals surface area contributed by atoms with Crippen LogP contribution in [0.15, 0.2) is 11.1 Å². The van der Waals surface area contributed by atoms with Crippen molar-refractivity contribution in [3.8, 4) is 0 Å². The van der Waals surface area contributed by atoms with E-state index in [1.807, 2.05) is 11.1 Å². The highest BCUT2D eigenvalue weighted by Gasteiger charge is 2.19. The standard InChI is InChI=1S/C19H36/c1-3-5-7-9-11-13-15-18-17-19(18)16-14-12-10-8-6-4-2/h3-17H2,1-2H3. The van der Waals surface area contributed by atoms with E-state index in [4.69, 9.17) is 0 Å². The molecule has 19 heavy (non-hydrogen) atoms. The van der Waals surface area contributed by atoms with Crippen LogP contribution in [-0.4, -0.2) is 0 Å². The Bertz CT molecular complexity index is 212. The van der Waals surface area contributed by atoms with Crippen LogP contribution in [-0.2, 0) is 0 Å². The summed E-state index contributed by atoms with van der Waals surface area (Å²) in [6, 6.07) is 0. The van der Waals surface area contributed by atoms with Crippen molar-refractivity contribution < 1.29 is 0 Å². The molecule has 0 saturated heterocycles. The lowest BCUT2D eigenvalue weighted by molar-refractivity contribution is 0.606. The highest BCUT2D eigenvalue weighted by molar-refractivity contribution is 5.34. The summed E-state index contributed by atoms with van der Waals surface area (Å²) >= 11 is 0. The van der Waals surface area contributed by atoms with Gasteiger partial charge >= 0.3 is 0 Å². The first-order valence-electron chi connectivity index (χ1n) is 9.08. The first kappa shape index (κ1) is 16.8. The molecule has 0 atom stereocenters. The molecule has 0 spiro atoms. The first-order chi connectivity index (χ1) is 9.38. The van der Waals surface area contributed by atoms with Gasteiger partial charge in [-0.25, -0.2) is 0 Å². The lowest BCUT2D eigenvalue weighted by atomic mass is 10.1. The second-order valence-electron chi connectivity index (χ2n) is 6.42. The van der Waals surface area contributed by atoms with E-state index in [0.717, 1.165) is 0 Å². The summed E-state index contributed by atoms with van der Waals surface area (Å²) in [6.07, 6.45) is 21.6. The average Bonchev–Trinajstić information content (AvgIpc) is 3.16. The van der Waals surface area contributed by atoms with Gasteiger partial charge in [-0.05, 0) is 32.1 Å². The Labute approximate surface area is 122 Å². The molecule has 1 rings (SSSR count). The fourth-order valence-corrected chi connectivity index (χ4v) is 2.98. The van der Waals surface area contributed by atoms with Crippen LogP contribution >= 0.6 is 0 Å². The summed E-state index contributed by atoms with van der Waals surface area (Å²) in [4.78, 5) is 0. The molecule has 0 bridgehead atoms. The average molecular weight is 264 g/mol. The SMILES string of the molecule is CCCCCCCCC1=C(CCCCCCCC)C1. The van der Waals surface area contributed by atoms with Gasteiger partial charge in [0.1, 0.15) is 0 Å². The van der Waals surface area contributed by atoms with Crippen molar-refractivity contribution in [1.29, 1.82) is 0 Å². The van der Waals surface area contributed by atoms with Crippen LogP contribution in [0.3, 0.4) is 0 Å². The molecule has 0 aliphatic heterocycles. The van der Waals surface area contributed by atoms with Gasteiger partial charge in [0.25, 0.3) is 0 Å². The molecule has 1 aliphatic rings. The number of hydrogen-bond donors (Lipinski definition) is 0. The largest absolute Gasteiger partial charge is 0.0666 e. The van der Waals surface area contributed by atoms with Gasteiger partial charge < -0.3 is 0 Å². The van der Waals surface area contributed by atoms with Gasteiger partial charge in [-0.15, -0.1) is 0 Å². The number of rotatable bonds is 14. The van der Waals surface area contributed by atoms with Gasteiger partial charge in [0.2, 0.25) is 0 Å². The summed E-state index contributed by atoms with van der Waals surface area (Å²) in [7, 11) is 0. The predicted molar refractivity (Wildman–Crippen MR) is 87.6 cm³/mol. The van der Waals surface area contributed by atoms with Gasteiger partial charge in [-0.2, -0.15) is 0 Å². The molecule has 0 N–H and O–H groups in total. The van der Waals surface area contributed by atoms with Crippen LogP contribution < -0.4 is 0 Å². The maximum Gasteiger partial charge on any atom is -0.0103 e. The Hall–Kier alpha value is -0.260. The lowest BCUT2D eigenvalue weighted by Crippen LogP contribution is -1.79. The van der Waals surface area contributed by atoms with Crippen molar-refractivity contribution in [2.45, 2.75) is 110 Å². The molecule has 0 fully saturated rings. The Kier molecular flexibility index (Phi) is 10.2. The number of hydrogen-bond acceptors (Lipinski definition) is 0. The Balaban J connectivity index is 1.84. The molecule has 0 amide bonds. The number of unbranched alkanes of at least 4 members (excludes halogenated alkanes) is 10. The van der Waals surface area contributed by atoms with Crippen molar-refractivity contribution in [2.24, 2.45) is 0 Å². The quantitative estimate of drug-likeness (QED) is 0.230. The second kappa shape index (κ2) is 11.6. The molecular weight excluding hydrogens is 228 g/mol. The maximum absolute atomic E-state index is 2.30. The summed E-state index contributed by atoms with van der Waals surface area (Å²) in [6.45, 7) is 4.59. The topological polar surface area (TPSA) is 0 Å². The molecule has 0 aromatic rings. The minimum atomic E-state index is 1.37. The zero-order valence-corrected chi connectivity index (χ0v) is 13.6. The zero-order chi connectivity index (χ0) is 13.8. The number of allylic oxidation sites excluding steroid dienone is 2. The molecule has 0 aromatic heterocycles. The molecule has 1 aliphatic carbocycles. The van der Waals surface area contributed by atoms with Crippen molar-refractivity contribution in [2.75, 3.05) is 0 Å². The maximum atomic E-state index is 2.30. The van der Waals surface area contributed by atoms with Gasteiger partial charge in [-0.1, -0.05) is 89.2 Å². The van der Waals surface area contributed by atoms with Crippen molar-refractivity contribution >= 4 is 0 Å². The van der Waals surface area contributed by atoms with Gasteiger partial charge in [0.15, 0.2) is 0 Å². The van der Waals surface area contributed by atoms with Crippen LogP contribution in [0.25, 0.3) is 0 Å². The summed E-state index contributed by atoms with van der Waals surface area (Å²) in [5.74, 6) is 0. The van der Waals surface area contributed by atoms with E-state index in [1.54, 1.807) is 0 Å². The summed E-state index contributed by atoms with van der Waals surface area (Å²) in [5, 5.41) is 0. The third-order valence-electron chi connectivity index (χ3n) is 4.47. The summed E-state index contributed by atoms with van der Waals surface area (Å²) < 4.78 is 0. The molecule has 0 aromatic carbocycles. The van der Waals surface area contributed by atoms with E-state index in [0.29, 0.717) is 0 Å². The molecule has 0 nitrogen and oxygen atoms in total. The van der Waals surface area contributed by atoms with E-state index < -0.39 is 0 Å². The molecular formula is C19H36. The molecule has 0 heteroatoms. The molecule has 0 heterocycles. The fourth-order valence-electron chi connectivity index (χ4n) is 2.98. The Morgan fingerprint density at radius 2 is 0.895 bits per heavy atom. The van der Waals surface area contributed by atoms with Crippen LogP contribution in [0.1, 0.15) is 110 Å². The predicted octanol–water partition coefficient (Wildman–Crippen LogP) is 7.19. The van der Waals surface area contributed by atoms with Gasteiger partial charge in [0.05, 0.1) is 0 Å². The third kappa shape index (κ3) is 9.30. The van der Waals surface area contributed by atoms with Crippen LogP contribution in [0.4, 0.5) is 0 Å². The fraction of sp³-hybridized carbons (Fsp3) is 0.895. The highest BCUT2D eigenvalue weighted by Crippen LogP contribution is 2.38. The van der Waals surface area contributed by atoms with E-state index in [-0.39, 0.29) is 0 Å². The smallest absolute Gasteiger partial charge is 0.0103 e. The van der Waals surface area contributed by atoms with Crippen LogP contribution in [0, 0.1) is 0 Å². The second-order valence-corrected chi connectivity index (χ2v) is 6.42. The normalized spacial score (nSPS) is 14.2. The van der Waals surface area contributed by atoms with Crippen LogP contribution in [0.5, 0.6) is 0 Å². The Morgan fingerprint density at radius 1 is 0.526 bits per heavy atom. The van der Waals surface area contributed by atoms with Gasteiger partial charge in [-0.3, -0.25) is 0 Å². The molecule has 112 valence electrons. The van der Waals surface area contributed by atoms with E-state index in [1.165, 1.54) is 96.3 Å². The van der Waals surface area contributed by atoms with E-state index >= 15 is 0 Å². The van der Waals surface area contributed by atoms with Crippen LogP contribution in [0.2, 0.25) is 0 Å². The minimum Gasteiger partial charge on any atom is -0.0666 e. The molecule has 0 radical (unpaired) electrons. The van der Waals surface area contributed by atoms with Crippen molar-refractivity contribution in [1.82, 2.24) is 0 Å². The third-order valence-corrected chi connectivity index (χ3v) is 4.47. The Morgan fingerprint density at radius 3 is 1.32 bits per heavy atom. The zero-order valence-electron chi connectivity index (χ0n) is 13.6. The lowest BCUT2D eigenvalue weighted by Gasteiger charge is -1.98. The van der Waals surface area contributed by atoms with E-state index in [9.17, 15) is 0 Å². The van der Waals surface area contributed by atoms with Crippen molar-refractivity contribution in [3.63, 3.8) is 0 Å². The molecule has 0 unspecified atom stereocenters. The van der Waals surface area contributed by atoms with Crippen molar-refractivity contribution in [3.05, 3.63) is 11.1 Å². The molecule has 0 saturated carbocycles.